The van der Waals surface area contributed by atoms with E-state index in [0.29, 0.717) is 24.8 Å². The maximum absolute atomic E-state index is 5.96. The fourth-order valence-electron chi connectivity index (χ4n) is 4.76. The van der Waals surface area contributed by atoms with E-state index in [1.807, 2.05) is 0 Å². The predicted molar refractivity (Wildman–Crippen MR) is 130 cm³/mol. The van der Waals surface area contributed by atoms with Gasteiger partial charge in [0, 0.05) is 13.1 Å². The summed E-state index contributed by atoms with van der Waals surface area (Å²) in [5.74, 6) is 0.914. The highest BCUT2D eigenvalue weighted by atomic mass is 127. The standard InChI is InChI=1S/C23H36N4O.HI/c1-2-24-23(26-21-15-20-11-12-22(21)28-20)25-16-18-7-9-19(10-8-18)17-27-13-5-3-4-6-14-27;/h7-10,20-22H,2-6,11-17H2,1H3,(H2,24,25,26);1H. The number of halogens is 1. The Morgan fingerprint density at radius 1 is 1.07 bits per heavy atom. The molecule has 0 radical (unpaired) electrons. The molecule has 3 fully saturated rings. The second kappa shape index (κ2) is 11.5. The fraction of sp³-hybridized carbons (Fsp3) is 0.696. The molecule has 3 unspecified atom stereocenters. The first-order chi connectivity index (χ1) is 13.8. The topological polar surface area (TPSA) is 48.9 Å². The number of aliphatic imine (C=N–C) groups is 1. The van der Waals surface area contributed by atoms with Crippen molar-refractivity contribution < 1.29 is 4.74 Å². The molecule has 3 aliphatic heterocycles. The van der Waals surface area contributed by atoms with E-state index in [9.17, 15) is 0 Å². The molecule has 29 heavy (non-hydrogen) atoms. The summed E-state index contributed by atoms with van der Waals surface area (Å²) in [6.45, 7) is 7.28. The molecule has 0 spiro atoms. The number of benzene rings is 1. The van der Waals surface area contributed by atoms with Crippen molar-refractivity contribution >= 4 is 29.9 Å². The van der Waals surface area contributed by atoms with Crippen LogP contribution in [0, 0.1) is 0 Å². The average Bonchev–Trinajstić information content (AvgIpc) is 3.23. The lowest BCUT2D eigenvalue weighted by Gasteiger charge is -2.22. The third-order valence-corrected chi connectivity index (χ3v) is 6.32. The maximum atomic E-state index is 5.96. The van der Waals surface area contributed by atoms with Gasteiger partial charge in [0.15, 0.2) is 5.96 Å². The molecule has 5 nitrogen and oxygen atoms in total. The van der Waals surface area contributed by atoms with E-state index >= 15 is 0 Å². The van der Waals surface area contributed by atoms with Gasteiger partial charge in [-0.05, 0) is 63.2 Å². The zero-order valence-electron chi connectivity index (χ0n) is 17.7. The quantitative estimate of drug-likeness (QED) is 0.343. The van der Waals surface area contributed by atoms with Gasteiger partial charge in [0.2, 0.25) is 0 Å². The number of guanidine groups is 1. The second-order valence-electron chi connectivity index (χ2n) is 8.56. The molecule has 3 atom stereocenters. The highest BCUT2D eigenvalue weighted by Gasteiger charge is 2.41. The Morgan fingerprint density at radius 2 is 1.79 bits per heavy atom. The van der Waals surface area contributed by atoms with Gasteiger partial charge in [-0.1, -0.05) is 37.1 Å². The molecule has 1 aromatic carbocycles. The molecular formula is C23H37IN4O. The van der Waals surface area contributed by atoms with Gasteiger partial charge in [0.05, 0.1) is 24.8 Å². The van der Waals surface area contributed by atoms with Crippen LogP contribution in [0.25, 0.3) is 0 Å². The summed E-state index contributed by atoms with van der Waals surface area (Å²) in [5.41, 5.74) is 2.68. The zero-order chi connectivity index (χ0) is 19.2. The van der Waals surface area contributed by atoms with Crippen molar-refractivity contribution in [2.24, 2.45) is 4.99 Å². The molecule has 6 heteroatoms. The van der Waals surface area contributed by atoms with E-state index in [0.717, 1.165) is 25.5 Å². The van der Waals surface area contributed by atoms with Crippen molar-refractivity contribution in [2.75, 3.05) is 19.6 Å². The lowest BCUT2D eigenvalue weighted by Crippen LogP contribution is -2.47. The maximum Gasteiger partial charge on any atom is 0.191 e. The van der Waals surface area contributed by atoms with Crippen LogP contribution in [0.3, 0.4) is 0 Å². The molecule has 0 saturated carbocycles. The van der Waals surface area contributed by atoms with Crippen LogP contribution >= 0.6 is 24.0 Å². The highest BCUT2D eigenvalue weighted by molar-refractivity contribution is 14.0. The molecule has 0 aromatic heterocycles. The van der Waals surface area contributed by atoms with Crippen LogP contribution in [0.15, 0.2) is 29.3 Å². The summed E-state index contributed by atoms with van der Waals surface area (Å²) >= 11 is 0. The Hall–Kier alpha value is -0.860. The van der Waals surface area contributed by atoms with Gasteiger partial charge in [-0.15, -0.1) is 24.0 Å². The van der Waals surface area contributed by atoms with Crippen molar-refractivity contribution in [3.63, 3.8) is 0 Å². The van der Waals surface area contributed by atoms with E-state index in [1.54, 1.807) is 0 Å². The third-order valence-electron chi connectivity index (χ3n) is 6.32. The minimum absolute atomic E-state index is 0. The van der Waals surface area contributed by atoms with Crippen molar-refractivity contribution in [3.05, 3.63) is 35.4 Å². The van der Waals surface area contributed by atoms with Crippen molar-refractivity contribution in [1.29, 1.82) is 0 Å². The summed E-state index contributed by atoms with van der Waals surface area (Å²) in [7, 11) is 0. The number of ether oxygens (including phenoxy) is 1. The summed E-state index contributed by atoms with van der Waals surface area (Å²) in [6.07, 6.45) is 9.82. The van der Waals surface area contributed by atoms with E-state index in [1.165, 1.54) is 62.7 Å². The van der Waals surface area contributed by atoms with Gasteiger partial charge in [0.25, 0.3) is 0 Å². The van der Waals surface area contributed by atoms with Crippen LogP contribution in [-0.4, -0.2) is 48.7 Å². The van der Waals surface area contributed by atoms with Crippen LogP contribution in [0.5, 0.6) is 0 Å². The summed E-state index contributed by atoms with van der Waals surface area (Å²) in [5, 5.41) is 6.98. The average molecular weight is 512 g/mol. The van der Waals surface area contributed by atoms with Gasteiger partial charge in [-0.25, -0.2) is 4.99 Å². The van der Waals surface area contributed by atoms with Crippen molar-refractivity contribution in [2.45, 2.75) is 83.2 Å². The largest absolute Gasteiger partial charge is 0.373 e. The Labute approximate surface area is 193 Å². The molecule has 3 heterocycles. The number of hydrogen-bond acceptors (Lipinski definition) is 3. The molecule has 1 aromatic rings. The van der Waals surface area contributed by atoms with Gasteiger partial charge < -0.3 is 15.4 Å². The molecule has 0 amide bonds. The molecule has 3 aliphatic rings. The number of fused-ring (bicyclic) bond motifs is 2. The fourth-order valence-corrected chi connectivity index (χ4v) is 4.76. The van der Waals surface area contributed by atoms with E-state index < -0.39 is 0 Å². The minimum atomic E-state index is 0. The summed E-state index contributed by atoms with van der Waals surface area (Å²) < 4.78 is 5.96. The first-order valence-electron chi connectivity index (χ1n) is 11.3. The number of rotatable bonds is 6. The first-order valence-corrected chi connectivity index (χ1v) is 11.3. The highest BCUT2D eigenvalue weighted by Crippen LogP contribution is 2.34. The van der Waals surface area contributed by atoms with E-state index in [4.69, 9.17) is 9.73 Å². The van der Waals surface area contributed by atoms with Gasteiger partial charge in [-0.3, -0.25) is 4.90 Å². The number of hydrogen-bond donors (Lipinski definition) is 2. The molecule has 162 valence electrons. The van der Waals surface area contributed by atoms with Crippen molar-refractivity contribution in [3.8, 4) is 0 Å². The van der Waals surface area contributed by atoms with Gasteiger partial charge in [-0.2, -0.15) is 0 Å². The first kappa shape index (κ1) is 22.8. The molecule has 4 rings (SSSR count). The smallest absolute Gasteiger partial charge is 0.191 e. The number of likely N-dealkylation sites (tertiary alicyclic amines) is 1. The van der Waals surface area contributed by atoms with E-state index in [-0.39, 0.29) is 24.0 Å². The molecule has 3 saturated heterocycles. The van der Waals surface area contributed by atoms with Crippen LogP contribution in [0.4, 0.5) is 0 Å². The van der Waals surface area contributed by atoms with Crippen LogP contribution < -0.4 is 10.6 Å². The number of nitrogens with one attached hydrogen (secondary N) is 2. The van der Waals surface area contributed by atoms with Gasteiger partial charge in [0.1, 0.15) is 0 Å². The Balaban J connectivity index is 0.00000240. The Morgan fingerprint density at radius 3 is 2.41 bits per heavy atom. The summed E-state index contributed by atoms with van der Waals surface area (Å²) in [4.78, 5) is 7.42. The van der Waals surface area contributed by atoms with Crippen LogP contribution in [0.1, 0.15) is 63.0 Å². The summed E-state index contributed by atoms with van der Waals surface area (Å²) in [6, 6.07) is 9.44. The monoisotopic (exact) mass is 512 g/mol. The van der Waals surface area contributed by atoms with Crippen molar-refractivity contribution in [1.82, 2.24) is 15.5 Å². The molecular weight excluding hydrogens is 475 g/mol. The molecule has 2 N–H and O–H groups in total. The lowest BCUT2D eigenvalue weighted by atomic mass is 9.96. The SMILES string of the molecule is CCNC(=NCc1ccc(CN2CCCCCC2)cc1)NC1CC2CCC1O2.I. The molecule has 2 bridgehead atoms. The van der Waals surface area contributed by atoms with E-state index in [2.05, 4.69) is 46.7 Å². The lowest BCUT2D eigenvalue weighted by molar-refractivity contribution is 0.0992. The third kappa shape index (κ3) is 6.56. The Bertz CT molecular complexity index is 643. The molecule has 0 aliphatic carbocycles. The predicted octanol–water partition coefficient (Wildman–Crippen LogP) is 4.06. The normalized spacial score (nSPS) is 27.3. The second-order valence-corrected chi connectivity index (χ2v) is 8.56. The van der Waals surface area contributed by atoms with Crippen LogP contribution in [-0.2, 0) is 17.8 Å². The zero-order valence-corrected chi connectivity index (χ0v) is 20.1. The minimum Gasteiger partial charge on any atom is -0.373 e. The van der Waals surface area contributed by atoms with Crippen LogP contribution in [0.2, 0.25) is 0 Å². The van der Waals surface area contributed by atoms with Gasteiger partial charge >= 0.3 is 0 Å². The number of nitrogens with zero attached hydrogens (tertiary/aromatic N) is 2. The Kier molecular flexibility index (Phi) is 9.06.